The van der Waals surface area contributed by atoms with Crippen LogP contribution in [-0.2, 0) is 17.9 Å². The first-order chi connectivity index (χ1) is 9.02. The Morgan fingerprint density at radius 3 is 2.74 bits per heavy atom. The van der Waals surface area contributed by atoms with Gasteiger partial charge < -0.3 is 14.3 Å². The van der Waals surface area contributed by atoms with Gasteiger partial charge in [0.05, 0.1) is 18.0 Å². The minimum absolute atomic E-state index is 0.104. The molecule has 0 saturated carbocycles. The molecule has 2 aromatic heterocycles. The van der Waals surface area contributed by atoms with Gasteiger partial charge in [-0.15, -0.1) is 5.10 Å². The second-order valence-electron chi connectivity index (χ2n) is 4.03. The molecule has 0 aliphatic rings. The molecule has 1 N–H and O–H groups in total. The van der Waals surface area contributed by atoms with Crippen molar-refractivity contribution in [1.29, 1.82) is 0 Å². The van der Waals surface area contributed by atoms with Gasteiger partial charge in [-0.05, 0) is 13.8 Å². The summed E-state index contributed by atoms with van der Waals surface area (Å²) in [6.07, 6.45) is 0. The zero-order chi connectivity index (χ0) is 14.0. The Kier molecular flexibility index (Phi) is 3.61. The van der Waals surface area contributed by atoms with Gasteiger partial charge in [-0.25, -0.2) is 14.5 Å². The molecule has 0 aliphatic carbocycles. The van der Waals surface area contributed by atoms with E-state index in [1.165, 1.54) is 11.8 Å². The van der Waals surface area contributed by atoms with Crippen molar-refractivity contribution in [2.24, 2.45) is 0 Å². The van der Waals surface area contributed by atoms with E-state index in [2.05, 4.69) is 15.3 Å². The number of aryl methyl sites for hydroxylation is 2. The summed E-state index contributed by atoms with van der Waals surface area (Å²) in [7, 11) is 1.47. The molecule has 0 radical (unpaired) electrons. The Morgan fingerprint density at radius 2 is 2.21 bits per heavy atom. The summed E-state index contributed by atoms with van der Waals surface area (Å²) in [6.45, 7) is 3.97. The largest absolute Gasteiger partial charge is 0.476 e. The molecular formula is C11H14N4O4. The summed E-state index contributed by atoms with van der Waals surface area (Å²) in [5.41, 5.74) is 1.05. The molecule has 8 heteroatoms. The molecule has 0 bridgehead atoms. The molecule has 2 heterocycles. The summed E-state index contributed by atoms with van der Waals surface area (Å²) in [4.78, 5) is 15.2. The normalized spacial score (nSPS) is 10.9. The number of aromatic nitrogens is 4. The fraction of sp³-hybridized carbons (Fsp3) is 0.455. The van der Waals surface area contributed by atoms with Crippen molar-refractivity contribution in [2.45, 2.75) is 27.0 Å². The molecule has 0 amide bonds. The van der Waals surface area contributed by atoms with E-state index < -0.39 is 5.97 Å². The number of carboxylic acids is 1. The van der Waals surface area contributed by atoms with Crippen molar-refractivity contribution in [3.8, 4) is 0 Å². The van der Waals surface area contributed by atoms with Gasteiger partial charge in [0.15, 0.2) is 5.69 Å². The Morgan fingerprint density at radius 1 is 1.47 bits per heavy atom. The van der Waals surface area contributed by atoms with Crippen LogP contribution in [0.25, 0.3) is 0 Å². The van der Waals surface area contributed by atoms with E-state index in [1.807, 2.05) is 13.8 Å². The van der Waals surface area contributed by atoms with Crippen LogP contribution in [0.1, 0.15) is 33.5 Å². The average Bonchev–Trinajstić information content (AvgIpc) is 2.86. The van der Waals surface area contributed by atoms with Gasteiger partial charge in [-0.2, -0.15) is 0 Å². The number of rotatable bonds is 5. The third-order valence-electron chi connectivity index (χ3n) is 2.68. The standard InChI is InChI=1S/C11H14N4O4/c1-6-7(2)19-9(12-6)4-15-8(5-18-3)10(11(16)17)13-14-15/h4-5H2,1-3H3,(H,16,17). The van der Waals surface area contributed by atoms with Crippen LogP contribution in [0.3, 0.4) is 0 Å². The van der Waals surface area contributed by atoms with Crippen LogP contribution in [0.5, 0.6) is 0 Å². The number of methoxy groups -OCH3 is 1. The third kappa shape index (κ3) is 2.63. The number of carboxylic acid groups (broad SMARTS) is 1. The molecule has 0 unspecified atom stereocenters. The number of hydrogen-bond donors (Lipinski definition) is 1. The highest BCUT2D eigenvalue weighted by Crippen LogP contribution is 2.13. The van der Waals surface area contributed by atoms with Crippen LogP contribution in [-0.4, -0.2) is 38.2 Å². The van der Waals surface area contributed by atoms with Crippen LogP contribution in [0.15, 0.2) is 4.42 Å². The van der Waals surface area contributed by atoms with Crippen molar-refractivity contribution in [3.05, 3.63) is 28.7 Å². The van der Waals surface area contributed by atoms with E-state index in [4.69, 9.17) is 14.3 Å². The summed E-state index contributed by atoms with van der Waals surface area (Å²) >= 11 is 0. The van der Waals surface area contributed by atoms with E-state index >= 15 is 0 Å². The molecule has 0 atom stereocenters. The fourth-order valence-corrected chi connectivity index (χ4v) is 1.64. The highest BCUT2D eigenvalue weighted by Gasteiger charge is 2.20. The molecule has 2 rings (SSSR count). The maximum atomic E-state index is 11.0. The highest BCUT2D eigenvalue weighted by molar-refractivity contribution is 5.86. The van der Waals surface area contributed by atoms with Gasteiger partial charge in [0.2, 0.25) is 5.89 Å². The lowest BCUT2D eigenvalue weighted by atomic mass is 10.3. The Labute approximate surface area is 109 Å². The molecule has 0 aliphatic heterocycles. The summed E-state index contributed by atoms with van der Waals surface area (Å²) in [5, 5.41) is 16.4. The Hall–Kier alpha value is -2.22. The van der Waals surface area contributed by atoms with Crippen LogP contribution < -0.4 is 0 Å². The van der Waals surface area contributed by atoms with Gasteiger partial charge in [0.1, 0.15) is 12.3 Å². The first-order valence-corrected chi connectivity index (χ1v) is 5.60. The number of ether oxygens (including phenoxy) is 1. The van der Waals surface area contributed by atoms with Gasteiger partial charge in [0.25, 0.3) is 0 Å². The lowest BCUT2D eigenvalue weighted by Crippen LogP contribution is -2.10. The minimum atomic E-state index is -1.14. The smallest absolute Gasteiger partial charge is 0.358 e. The number of carbonyl (C=O) groups is 1. The van der Waals surface area contributed by atoms with E-state index in [9.17, 15) is 4.79 Å². The van der Waals surface area contributed by atoms with Crippen LogP contribution in [0.2, 0.25) is 0 Å². The van der Waals surface area contributed by atoms with Crippen LogP contribution in [0, 0.1) is 13.8 Å². The molecule has 0 aromatic carbocycles. The zero-order valence-electron chi connectivity index (χ0n) is 10.9. The van der Waals surface area contributed by atoms with Crippen LogP contribution >= 0.6 is 0 Å². The van der Waals surface area contributed by atoms with Crippen molar-refractivity contribution in [2.75, 3.05) is 7.11 Å². The van der Waals surface area contributed by atoms with Gasteiger partial charge in [-0.1, -0.05) is 5.21 Å². The number of nitrogens with zero attached hydrogens (tertiary/aromatic N) is 4. The number of hydrogen-bond acceptors (Lipinski definition) is 6. The van der Waals surface area contributed by atoms with Crippen molar-refractivity contribution < 1.29 is 19.1 Å². The lowest BCUT2D eigenvalue weighted by Gasteiger charge is -2.03. The van der Waals surface area contributed by atoms with E-state index in [1.54, 1.807) is 0 Å². The quantitative estimate of drug-likeness (QED) is 0.852. The SMILES string of the molecule is COCc1c(C(=O)O)nnn1Cc1nc(C)c(C)o1. The monoisotopic (exact) mass is 266 g/mol. The van der Waals surface area contributed by atoms with Gasteiger partial charge in [0, 0.05) is 7.11 Å². The molecule has 0 fully saturated rings. The fourth-order valence-electron chi connectivity index (χ4n) is 1.64. The summed E-state index contributed by atoms with van der Waals surface area (Å²) < 4.78 is 11.8. The topological polar surface area (TPSA) is 103 Å². The highest BCUT2D eigenvalue weighted by atomic mass is 16.5. The third-order valence-corrected chi connectivity index (χ3v) is 2.68. The second-order valence-corrected chi connectivity index (χ2v) is 4.03. The van der Waals surface area contributed by atoms with Crippen molar-refractivity contribution in [3.63, 3.8) is 0 Å². The summed E-state index contributed by atoms with van der Waals surface area (Å²) in [5.74, 6) is 0.0362. The maximum Gasteiger partial charge on any atom is 0.358 e. The molecule has 0 saturated heterocycles. The first kappa shape index (κ1) is 13.2. The van der Waals surface area contributed by atoms with E-state index in [0.717, 1.165) is 11.5 Å². The molecular weight excluding hydrogens is 252 g/mol. The van der Waals surface area contributed by atoms with E-state index in [0.29, 0.717) is 11.6 Å². The predicted molar refractivity (Wildman–Crippen MR) is 62.8 cm³/mol. The lowest BCUT2D eigenvalue weighted by molar-refractivity contribution is 0.0684. The number of oxazole rings is 1. The first-order valence-electron chi connectivity index (χ1n) is 5.60. The Balaban J connectivity index is 2.31. The number of aromatic carboxylic acids is 1. The van der Waals surface area contributed by atoms with Crippen molar-refractivity contribution in [1.82, 2.24) is 20.0 Å². The minimum Gasteiger partial charge on any atom is -0.476 e. The Bertz CT molecular complexity index is 582. The molecule has 19 heavy (non-hydrogen) atoms. The van der Waals surface area contributed by atoms with E-state index in [-0.39, 0.29) is 18.8 Å². The molecule has 2 aromatic rings. The molecule has 102 valence electrons. The predicted octanol–water partition coefficient (Wildman–Crippen LogP) is 0.776. The zero-order valence-corrected chi connectivity index (χ0v) is 10.9. The maximum absolute atomic E-state index is 11.0. The second kappa shape index (κ2) is 5.19. The molecule has 8 nitrogen and oxygen atoms in total. The average molecular weight is 266 g/mol. The van der Waals surface area contributed by atoms with Gasteiger partial charge in [-0.3, -0.25) is 0 Å². The van der Waals surface area contributed by atoms with Crippen molar-refractivity contribution >= 4 is 5.97 Å². The molecule has 0 spiro atoms. The van der Waals surface area contributed by atoms with Gasteiger partial charge >= 0.3 is 5.97 Å². The van der Waals surface area contributed by atoms with Crippen LogP contribution in [0.4, 0.5) is 0 Å². The summed E-state index contributed by atoms with van der Waals surface area (Å²) in [6, 6.07) is 0.